The average molecular weight is 430 g/mol. The van der Waals surface area contributed by atoms with Gasteiger partial charge in [-0.25, -0.2) is 0 Å². The van der Waals surface area contributed by atoms with E-state index in [4.69, 9.17) is 0 Å². The molecule has 0 unspecified atom stereocenters. The quantitative estimate of drug-likeness (QED) is 0.707. The monoisotopic (exact) mass is 429 g/mol. The van der Waals surface area contributed by atoms with E-state index in [1.165, 1.54) is 18.5 Å². The Morgan fingerprint density at radius 1 is 0.963 bits per heavy atom. The minimum Gasteiger partial charge on any atom is -0.371 e. The summed E-state index contributed by atoms with van der Waals surface area (Å²) in [6.45, 7) is 2.97. The van der Waals surface area contributed by atoms with Gasteiger partial charge < -0.3 is 15.5 Å². The molecule has 2 amide bonds. The molecule has 1 fully saturated rings. The maximum absolute atomic E-state index is 12.1. The molecule has 2 aromatic carbocycles. The van der Waals surface area contributed by atoms with E-state index in [0.717, 1.165) is 23.1 Å². The largest absolute Gasteiger partial charge is 0.371 e. The molecule has 0 radical (unpaired) electrons. The summed E-state index contributed by atoms with van der Waals surface area (Å²) >= 11 is 3.34. The number of carbonyl (C=O) groups excluding carboxylic acids is 2. The SMILES string of the molecule is O=C(CCNC(=O)c1ccc(Br)cc1)NCc1ccccc1N1CCCC1. The molecule has 0 saturated carbocycles. The van der Waals surface area contributed by atoms with Gasteiger partial charge in [0.25, 0.3) is 5.91 Å². The van der Waals surface area contributed by atoms with E-state index in [-0.39, 0.29) is 18.2 Å². The Labute approximate surface area is 168 Å². The van der Waals surface area contributed by atoms with Gasteiger partial charge >= 0.3 is 0 Å². The maximum Gasteiger partial charge on any atom is 0.251 e. The fourth-order valence-electron chi connectivity index (χ4n) is 3.20. The Kier molecular flexibility index (Phi) is 6.87. The van der Waals surface area contributed by atoms with E-state index in [9.17, 15) is 9.59 Å². The minimum absolute atomic E-state index is 0.0673. The molecule has 6 heteroatoms. The highest BCUT2D eigenvalue weighted by atomic mass is 79.9. The number of hydrogen-bond acceptors (Lipinski definition) is 3. The van der Waals surface area contributed by atoms with Crippen LogP contribution in [0.5, 0.6) is 0 Å². The van der Waals surface area contributed by atoms with Crippen LogP contribution in [0.1, 0.15) is 35.2 Å². The topological polar surface area (TPSA) is 61.4 Å². The third-order valence-electron chi connectivity index (χ3n) is 4.66. The molecule has 1 saturated heterocycles. The fraction of sp³-hybridized carbons (Fsp3) is 0.333. The van der Waals surface area contributed by atoms with Crippen molar-refractivity contribution in [2.45, 2.75) is 25.8 Å². The van der Waals surface area contributed by atoms with Crippen LogP contribution < -0.4 is 15.5 Å². The van der Waals surface area contributed by atoms with Crippen LogP contribution in [-0.2, 0) is 11.3 Å². The van der Waals surface area contributed by atoms with E-state index in [0.29, 0.717) is 18.7 Å². The van der Waals surface area contributed by atoms with Crippen molar-refractivity contribution >= 4 is 33.4 Å². The van der Waals surface area contributed by atoms with Crippen molar-refractivity contribution in [3.63, 3.8) is 0 Å². The molecule has 1 heterocycles. The molecule has 0 atom stereocenters. The van der Waals surface area contributed by atoms with Crippen LogP contribution >= 0.6 is 15.9 Å². The summed E-state index contributed by atoms with van der Waals surface area (Å²) < 4.78 is 0.924. The van der Waals surface area contributed by atoms with Crippen LogP contribution in [0.4, 0.5) is 5.69 Å². The predicted molar refractivity (Wildman–Crippen MR) is 111 cm³/mol. The molecule has 27 heavy (non-hydrogen) atoms. The summed E-state index contributed by atoms with van der Waals surface area (Å²) in [4.78, 5) is 26.5. The molecule has 5 nitrogen and oxygen atoms in total. The number of nitrogens with one attached hydrogen (secondary N) is 2. The summed E-state index contributed by atoms with van der Waals surface area (Å²) in [6, 6.07) is 15.3. The van der Waals surface area contributed by atoms with Crippen LogP contribution in [0, 0.1) is 0 Å². The molecule has 0 aromatic heterocycles. The van der Waals surface area contributed by atoms with Crippen molar-refractivity contribution in [1.82, 2.24) is 10.6 Å². The number of nitrogens with zero attached hydrogens (tertiary/aromatic N) is 1. The molecule has 3 rings (SSSR count). The molecule has 0 bridgehead atoms. The minimum atomic E-state index is -0.172. The molecule has 1 aliphatic rings. The number of anilines is 1. The van der Waals surface area contributed by atoms with Crippen molar-refractivity contribution in [1.29, 1.82) is 0 Å². The number of benzene rings is 2. The first-order chi connectivity index (χ1) is 13.1. The third kappa shape index (κ3) is 5.57. The Bertz CT molecular complexity index is 786. The Morgan fingerprint density at radius 2 is 1.67 bits per heavy atom. The van der Waals surface area contributed by atoms with Crippen molar-refractivity contribution in [3.8, 4) is 0 Å². The molecule has 1 aliphatic heterocycles. The second-order valence-electron chi connectivity index (χ2n) is 6.61. The van der Waals surface area contributed by atoms with Crippen LogP contribution in [0.15, 0.2) is 53.0 Å². The maximum atomic E-state index is 12.1. The first kappa shape index (κ1) is 19.4. The molecular weight excluding hydrogens is 406 g/mol. The number of amides is 2. The van der Waals surface area contributed by atoms with Gasteiger partial charge in [0.2, 0.25) is 5.91 Å². The lowest BCUT2D eigenvalue weighted by Gasteiger charge is -2.21. The van der Waals surface area contributed by atoms with Gasteiger partial charge in [0.1, 0.15) is 0 Å². The van der Waals surface area contributed by atoms with E-state index in [1.54, 1.807) is 12.1 Å². The first-order valence-corrected chi connectivity index (χ1v) is 10.1. The normalized spacial score (nSPS) is 13.4. The molecule has 142 valence electrons. The van der Waals surface area contributed by atoms with Gasteiger partial charge in [0, 0.05) is 48.3 Å². The van der Waals surface area contributed by atoms with E-state index < -0.39 is 0 Å². The number of carbonyl (C=O) groups is 2. The molecule has 2 aromatic rings. The second-order valence-corrected chi connectivity index (χ2v) is 7.53. The Morgan fingerprint density at radius 3 is 2.41 bits per heavy atom. The van der Waals surface area contributed by atoms with Gasteiger partial charge in [-0.3, -0.25) is 9.59 Å². The fourth-order valence-corrected chi connectivity index (χ4v) is 3.47. The summed E-state index contributed by atoms with van der Waals surface area (Å²) in [5.74, 6) is -0.239. The Hall–Kier alpha value is -2.34. The van der Waals surface area contributed by atoms with Crippen LogP contribution in [0.3, 0.4) is 0 Å². The number of hydrogen-bond donors (Lipinski definition) is 2. The van der Waals surface area contributed by atoms with E-state index in [1.807, 2.05) is 24.3 Å². The lowest BCUT2D eigenvalue weighted by atomic mass is 10.1. The van der Waals surface area contributed by atoms with Crippen molar-refractivity contribution < 1.29 is 9.59 Å². The molecular formula is C21H24BrN3O2. The van der Waals surface area contributed by atoms with Gasteiger partial charge in [0.15, 0.2) is 0 Å². The predicted octanol–water partition coefficient (Wildman–Crippen LogP) is 3.49. The lowest BCUT2D eigenvalue weighted by molar-refractivity contribution is -0.121. The highest BCUT2D eigenvalue weighted by Gasteiger charge is 2.15. The zero-order valence-electron chi connectivity index (χ0n) is 15.2. The van der Waals surface area contributed by atoms with Gasteiger partial charge in [-0.05, 0) is 48.7 Å². The second kappa shape index (κ2) is 9.55. The van der Waals surface area contributed by atoms with E-state index in [2.05, 4.69) is 43.6 Å². The number of rotatable bonds is 7. The number of halogens is 1. The van der Waals surface area contributed by atoms with Crippen molar-refractivity contribution in [2.75, 3.05) is 24.5 Å². The lowest BCUT2D eigenvalue weighted by Crippen LogP contribution is -2.31. The average Bonchev–Trinajstić information content (AvgIpc) is 3.21. The summed E-state index contributed by atoms with van der Waals surface area (Å²) in [7, 11) is 0. The van der Waals surface area contributed by atoms with Gasteiger partial charge in [-0.2, -0.15) is 0 Å². The highest BCUT2D eigenvalue weighted by molar-refractivity contribution is 9.10. The van der Waals surface area contributed by atoms with Crippen molar-refractivity contribution in [3.05, 3.63) is 64.1 Å². The Balaban J connectivity index is 1.44. The summed E-state index contributed by atoms with van der Waals surface area (Å²) in [5.41, 5.74) is 2.92. The zero-order chi connectivity index (χ0) is 19.1. The van der Waals surface area contributed by atoms with Gasteiger partial charge in [-0.1, -0.05) is 34.1 Å². The standard InChI is InChI=1S/C21H24BrN3O2/c22-18-9-7-16(8-10-18)21(27)23-12-11-20(26)24-15-17-5-1-2-6-19(17)25-13-3-4-14-25/h1-2,5-10H,3-4,11-15H2,(H,23,27)(H,24,26). The highest BCUT2D eigenvalue weighted by Crippen LogP contribution is 2.24. The molecule has 0 spiro atoms. The van der Waals surface area contributed by atoms with Crippen LogP contribution in [0.25, 0.3) is 0 Å². The van der Waals surface area contributed by atoms with Crippen LogP contribution in [-0.4, -0.2) is 31.4 Å². The zero-order valence-corrected chi connectivity index (χ0v) is 16.8. The first-order valence-electron chi connectivity index (χ1n) is 9.27. The van der Waals surface area contributed by atoms with Crippen molar-refractivity contribution in [2.24, 2.45) is 0 Å². The van der Waals surface area contributed by atoms with Gasteiger partial charge in [-0.15, -0.1) is 0 Å². The van der Waals surface area contributed by atoms with E-state index >= 15 is 0 Å². The third-order valence-corrected chi connectivity index (χ3v) is 5.19. The molecule has 0 aliphatic carbocycles. The summed E-state index contributed by atoms with van der Waals surface area (Å²) in [5, 5.41) is 5.74. The van der Waals surface area contributed by atoms with Crippen LogP contribution in [0.2, 0.25) is 0 Å². The smallest absolute Gasteiger partial charge is 0.251 e. The molecule has 2 N–H and O–H groups in total. The van der Waals surface area contributed by atoms with Gasteiger partial charge in [0.05, 0.1) is 0 Å². The number of para-hydroxylation sites is 1. The summed E-state index contributed by atoms with van der Waals surface area (Å²) in [6.07, 6.45) is 2.70.